The quantitative estimate of drug-likeness (QED) is 0.420. The van der Waals surface area contributed by atoms with Gasteiger partial charge in [-0.2, -0.15) is 11.8 Å². The second-order valence-electron chi connectivity index (χ2n) is 4.62. The zero-order chi connectivity index (χ0) is 6.55. The van der Waals surface area contributed by atoms with Crippen LogP contribution in [0.5, 0.6) is 0 Å². The van der Waals surface area contributed by atoms with Crippen molar-refractivity contribution in [1.82, 2.24) is 0 Å². The number of hydrogen-bond acceptors (Lipinski definition) is 0. The Hall–Kier alpha value is 1.10. The van der Waals surface area contributed by atoms with E-state index in [0.717, 1.165) is 23.7 Å². The van der Waals surface area contributed by atoms with Gasteiger partial charge < -0.3 is 23.4 Å². The van der Waals surface area contributed by atoms with Crippen molar-refractivity contribution in [2.75, 3.05) is 0 Å². The molecular formula is C10H15BrZn. The first-order valence-corrected chi connectivity index (χ1v) is 4.75. The van der Waals surface area contributed by atoms with Gasteiger partial charge in [0.15, 0.2) is 0 Å². The van der Waals surface area contributed by atoms with E-state index in [1.54, 1.807) is 32.1 Å². The molecule has 64 valence electrons. The zero-order valence-corrected chi connectivity index (χ0v) is 12.1. The first kappa shape index (κ1) is 11.2. The fourth-order valence-corrected chi connectivity index (χ4v) is 3.65. The molecule has 0 atom stereocenters. The van der Waals surface area contributed by atoms with Crippen LogP contribution < -0.4 is 17.0 Å². The van der Waals surface area contributed by atoms with E-state index in [1.807, 2.05) is 0 Å². The molecule has 0 N–H and O–H groups in total. The minimum atomic E-state index is 0. The molecular weight excluding hydrogens is 265 g/mol. The Labute approximate surface area is 98.4 Å². The predicted molar refractivity (Wildman–Crippen MR) is 41.3 cm³/mol. The first-order valence-electron chi connectivity index (χ1n) is 4.75. The summed E-state index contributed by atoms with van der Waals surface area (Å²) in [5.41, 5.74) is 0. The van der Waals surface area contributed by atoms with Gasteiger partial charge in [-0.25, -0.2) is 0 Å². The summed E-state index contributed by atoms with van der Waals surface area (Å²) in [6.07, 6.45) is 10.4. The van der Waals surface area contributed by atoms with Crippen LogP contribution in [0.1, 0.15) is 32.1 Å². The van der Waals surface area contributed by atoms with Crippen LogP contribution in [-0.4, -0.2) is 0 Å². The van der Waals surface area contributed by atoms with Crippen molar-refractivity contribution >= 4 is 0 Å². The molecule has 4 bridgehead atoms. The van der Waals surface area contributed by atoms with Crippen LogP contribution in [0.2, 0.25) is 0 Å². The molecule has 0 radical (unpaired) electrons. The van der Waals surface area contributed by atoms with Gasteiger partial charge in [0.25, 0.3) is 0 Å². The van der Waals surface area contributed by atoms with Crippen molar-refractivity contribution in [1.29, 1.82) is 0 Å². The van der Waals surface area contributed by atoms with E-state index in [4.69, 9.17) is 0 Å². The summed E-state index contributed by atoms with van der Waals surface area (Å²) in [7, 11) is 0. The van der Waals surface area contributed by atoms with Crippen LogP contribution in [0.25, 0.3) is 0 Å². The van der Waals surface area contributed by atoms with Gasteiger partial charge in [0.1, 0.15) is 0 Å². The van der Waals surface area contributed by atoms with Crippen LogP contribution in [0.4, 0.5) is 0 Å². The molecule has 12 heavy (non-hydrogen) atoms. The van der Waals surface area contributed by atoms with Gasteiger partial charge in [0, 0.05) is 0 Å². The Bertz CT molecular complexity index is 101. The monoisotopic (exact) mass is 278 g/mol. The van der Waals surface area contributed by atoms with Crippen LogP contribution in [0, 0.1) is 30.1 Å². The van der Waals surface area contributed by atoms with Crippen molar-refractivity contribution in [3.05, 3.63) is 6.42 Å². The van der Waals surface area contributed by atoms with Crippen LogP contribution in [0.15, 0.2) is 0 Å². The minimum Gasteiger partial charge on any atom is -1.00 e. The summed E-state index contributed by atoms with van der Waals surface area (Å²) in [5, 5.41) is 0. The first-order chi connectivity index (χ1) is 4.90. The normalized spacial score (nSPS) is 48.0. The molecule has 0 saturated heterocycles. The van der Waals surface area contributed by atoms with Crippen molar-refractivity contribution < 1.29 is 36.5 Å². The molecule has 4 fully saturated rings. The Balaban J connectivity index is 0.000000360. The maximum atomic E-state index is 2.66. The average Bonchev–Trinajstić information content (AvgIpc) is 1.82. The Morgan fingerprint density at radius 2 is 1.17 bits per heavy atom. The van der Waals surface area contributed by atoms with Crippen LogP contribution in [-0.2, 0) is 19.5 Å². The third-order valence-corrected chi connectivity index (χ3v) is 3.76. The van der Waals surface area contributed by atoms with Gasteiger partial charge in [0.2, 0.25) is 0 Å². The van der Waals surface area contributed by atoms with E-state index in [2.05, 4.69) is 6.42 Å². The van der Waals surface area contributed by atoms with E-state index in [1.165, 1.54) is 0 Å². The molecule has 0 aromatic rings. The van der Waals surface area contributed by atoms with Crippen molar-refractivity contribution in [2.45, 2.75) is 32.1 Å². The predicted octanol–water partition coefficient (Wildman–Crippen LogP) is -0.352. The molecule has 4 rings (SSSR count). The fraction of sp³-hybridized carbons (Fsp3) is 0.900. The average molecular weight is 281 g/mol. The van der Waals surface area contributed by atoms with Gasteiger partial charge in [-0.1, -0.05) is 25.7 Å². The maximum Gasteiger partial charge on any atom is 2.00 e. The largest absolute Gasteiger partial charge is 2.00 e. The van der Waals surface area contributed by atoms with Crippen molar-refractivity contribution in [3.8, 4) is 0 Å². The molecule has 0 aromatic heterocycles. The molecule has 4 aliphatic carbocycles. The summed E-state index contributed by atoms with van der Waals surface area (Å²) >= 11 is 0. The summed E-state index contributed by atoms with van der Waals surface area (Å²) in [5.74, 6) is 4.40. The smallest absolute Gasteiger partial charge is 1.00 e. The van der Waals surface area contributed by atoms with E-state index in [-0.39, 0.29) is 36.5 Å². The number of halogens is 1. The topological polar surface area (TPSA) is 0 Å². The van der Waals surface area contributed by atoms with E-state index in [9.17, 15) is 0 Å². The van der Waals surface area contributed by atoms with Crippen molar-refractivity contribution in [3.63, 3.8) is 0 Å². The number of rotatable bonds is 0. The summed E-state index contributed by atoms with van der Waals surface area (Å²) in [4.78, 5) is 0. The van der Waals surface area contributed by atoms with Gasteiger partial charge >= 0.3 is 19.5 Å². The standard InChI is InChI=1S/C10H15.BrH.Zn/c1-7-2-9-4-8(1)5-10(3-7)6-9;;/h1,7-10H,2-6H2;1H;/q-1;;+2/p-1. The van der Waals surface area contributed by atoms with Gasteiger partial charge in [0.05, 0.1) is 0 Å². The molecule has 0 spiro atoms. The third-order valence-electron chi connectivity index (χ3n) is 3.76. The van der Waals surface area contributed by atoms with Gasteiger partial charge in [-0.3, -0.25) is 0 Å². The molecule has 0 aliphatic heterocycles. The van der Waals surface area contributed by atoms with Crippen LogP contribution in [0.3, 0.4) is 0 Å². The molecule has 4 aliphatic rings. The number of hydrogen-bond donors (Lipinski definition) is 0. The Kier molecular flexibility index (Phi) is 3.81. The molecule has 2 heteroatoms. The molecule has 0 heterocycles. The van der Waals surface area contributed by atoms with E-state index in [0.29, 0.717) is 0 Å². The summed E-state index contributed by atoms with van der Waals surface area (Å²) in [6, 6.07) is 0. The van der Waals surface area contributed by atoms with Gasteiger partial charge in [-0.05, 0) is 18.3 Å². The summed E-state index contributed by atoms with van der Waals surface area (Å²) < 4.78 is 0. The molecule has 0 amide bonds. The SMILES string of the molecule is [Br-].[CH-]1C2CC3CC1CC(C2)C3.[Zn+2]. The molecule has 0 aromatic carbocycles. The molecule has 4 saturated carbocycles. The minimum absolute atomic E-state index is 0. The Morgan fingerprint density at radius 3 is 1.50 bits per heavy atom. The van der Waals surface area contributed by atoms with Gasteiger partial charge in [-0.15, -0.1) is 0 Å². The van der Waals surface area contributed by atoms with Crippen molar-refractivity contribution in [2.24, 2.45) is 23.7 Å². The molecule has 0 unspecified atom stereocenters. The zero-order valence-electron chi connectivity index (χ0n) is 7.51. The maximum absolute atomic E-state index is 2.66. The third kappa shape index (κ3) is 1.80. The second kappa shape index (κ2) is 4.09. The van der Waals surface area contributed by atoms with E-state index >= 15 is 0 Å². The second-order valence-corrected chi connectivity index (χ2v) is 4.62. The van der Waals surface area contributed by atoms with E-state index < -0.39 is 0 Å². The van der Waals surface area contributed by atoms with Crippen LogP contribution >= 0.6 is 0 Å². The fourth-order valence-electron chi connectivity index (χ4n) is 3.65. The molecule has 0 nitrogen and oxygen atoms in total. The Morgan fingerprint density at radius 1 is 0.750 bits per heavy atom. The summed E-state index contributed by atoms with van der Waals surface area (Å²) in [6.45, 7) is 0.